The molecule has 1 aliphatic carbocycles. The average Bonchev–Trinajstić information content (AvgIpc) is 2.77. The minimum Gasteiger partial charge on any atom is -0.481 e. The zero-order chi connectivity index (χ0) is 15.3. The Bertz CT molecular complexity index is 346. The molecule has 1 unspecified atom stereocenters. The number of rotatable bonds is 7. The lowest BCUT2D eigenvalue weighted by atomic mass is 9.77. The van der Waals surface area contributed by atoms with Gasteiger partial charge in [-0.25, -0.2) is 0 Å². The van der Waals surface area contributed by atoms with Gasteiger partial charge in [-0.05, 0) is 39.0 Å². The molecule has 1 atom stereocenters. The summed E-state index contributed by atoms with van der Waals surface area (Å²) in [5.41, 5.74) is -0.239. The van der Waals surface area contributed by atoms with E-state index < -0.39 is 5.97 Å². The second-order valence-corrected chi connectivity index (χ2v) is 6.62. The molecular weight excluding hydrogens is 254 g/mol. The van der Waals surface area contributed by atoms with Gasteiger partial charge in [-0.15, -0.1) is 0 Å². The molecule has 0 heterocycles. The van der Waals surface area contributed by atoms with Crippen LogP contribution in [0.1, 0.15) is 66.2 Å². The molecule has 0 aromatic rings. The SMILES string of the molecule is CCN(C(=O)C1(CC(C)C)CCCC1)C(C)CC(=O)O. The Morgan fingerprint density at radius 1 is 1.20 bits per heavy atom. The van der Waals surface area contributed by atoms with E-state index in [4.69, 9.17) is 5.11 Å². The molecule has 0 bridgehead atoms. The molecule has 20 heavy (non-hydrogen) atoms. The summed E-state index contributed by atoms with van der Waals surface area (Å²) in [5, 5.41) is 8.95. The molecule has 4 nitrogen and oxygen atoms in total. The van der Waals surface area contributed by atoms with Crippen molar-refractivity contribution in [1.82, 2.24) is 4.90 Å². The smallest absolute Gasteiger partial charge is 0.305 e. The molecule has 0 aromatic heterocycles. The van der Waals surface area contributed by atoms with Crippen LogP contribution in [0.3, 0.4) is 0 Å². The van der Waals surface area contributed by atoms with E-state index in [-0.39, 0.29) is 23.8 Å². The molecular formula is C16H29NO3. The number of carboxylic acid groups (broad SMARTS) is 1. The maximum Gasteiger partial charge on any atom is 0.305 e. The Kier molecular flexibility index (Phi) is 6.03. The summed E-state index contributed by atoms with van der Waals surface area (Å²) >= 11 is 0. The Labute approximate surface area is 122 Å². The lowest BCUT2D eigenvalue weighted by molar-refractivity contribution is -0.147. The second-order valence-electron chi connectivity index (χ2n) is 6.62. The molecule has 1 amide bonds. The Balaban J connectivity index is 2.88. The van der Waals surface area contributed by atoms with Crippen molar-refractivity contribution in [2.45, 2.75) is 72.3 Å². The van der Waals surface area contributed by atoms with Crippen LogP contribution in [0.15, 0.2) is 0 Å². The van der Waals surface area contributed by atoms with Crippen LogP contribution in [0.2, 0.25) is 0 Å². The van der Waals surface area contributed by atoms with E-state index in [9.17, 15) is 9.59 Å². The van der Waals surface area contributed by atoms with E-state index >= 15 is 0 Å². The minimum absolute atomic E-state index is 0.0251. The van der Waals surface area contributed by atoms with Gasteiger partial charge < -0.3 is 10.0 Å². The number of nitrogens with zero attached hydrogens (tertiary/aromatic N) is 1. The highest BCUT2D eigenvalue weighted by Gasteiger charge is 2.44. The molecule has 0 saturated heterocycles. The molecule has 116 valence electrons. The Morgan fingerprint density at radius 3 is 2.15 bits per heavy atom. The highest BCUT2D eigenvalue weighted by molar-refractivity contribution is 5.84. The molecule has 0 aliphatic heterocycles. The fraction of sp³-hybridized carbons (Fsp3) is 0.875. The third kappa shape index (κ3) is 3.97. The van der Waals surface area contributed by atoms with Gasteiger partial charge in [0.25, 0.3) is 0 Å². The van der Waals surface area contributed by atoms with Crippen molar-refractivity contribution >= 4 is 11.9 Å². The largest absolute Gasteiger partial charge is 0.481 e. The Morgan fingerprint density at radius 2 is 1.75 bits per heavy atom. The molecule has 1 fully saturated rings. The number of carboxylic acids is 1. The normalized spacial score (nSPS) is 19.1. The molecule has 1 saturated carbocycles. The standard InChI is InChI=1S/C16H29NO3/c1-5-17(13(4)10-14(18)19)15(20)16(11-12(2)3)8-6-7-9-16/h12-13H,5-11H2,1-4H3,(H,18,19). The number of aliphatic carboxylic acids is 1. The van der Waals surface area contributed by atoms with E-state index in [1.165, 1.54) is 0 Å². The van der Waals surface area contributed by atoms with Gasteiger partial charge in [-0.3, -0.25) is 9.59 Å². The van der Waals surface area contributed by atoms with Gasteiger partial charge in [-0.1, -0.05) is 26.7 Å². The lowest BCUT2D eigenvalue weighted by Crippen LogP contribution is -2.48. The van der Waals surface area contributed by atoms with E-state index in [0.717, 1.165) is 32.1 Å². The predicted octanol–water partition coefficient (Wildman–Crippen LogP) is 3.30. The molecule has 0 aromatic carbocycles. The zero-order valence-electron chi connectivity index (χ0n) is 13.3. The van der Waals surface area contributed by atoms with Crippen LogP contribution in [0.25, 0.3) is 0 Å². The van der Waals surface area contributed by atoms with Crippen molar-refractivity contribution in [3.63, 3.8) is 0 Å². The van der Waals surface area contributed by atoms with Crippen molar-refractivity contribution in [2.75, 3.05) is 6.54 Å². The van der Waals surface area contributed by atoms with Crippen LogP contribution in [0.4, 0.5) is 0 Å². The first-order valence-corrected chi connectivity index (χ1v) is 7.85. The van der Waals surface area contributed by atoms with Crippen LogP contribution >= 0.6 is 0 Å². The monoisotopic (exact) mass is 283 g/mol. The highest BCUT2D eigenvalue weighted by atomic mass is 16.4. The molecule has 1 aliphatic rings. The number of carbonyl (C=O) groups excluding carboxylic acids is 1. The van der Waals surface area contributed by atoms with Crippen molar-refractivity contribution < 1.29 is 14.7 Å². The van der Waals surface area contributed by atoms with Crippen LogP contribution in [-0.2, 0) is 9.59 Å². The summed E-state index contributed by atoms with van der Waals surface area (Å²) in [6.45, 7) is 8.68. The van der Waals surface area contributed by atoms with Crippen LogP contribution in [0, 0.1) is 11.3 Å². The van der Waals surface area contributed by atoms with Gasteiger partial charge in [0.15, 0.2) is 0 Å². The first kappa shape index (κ1) is 17.0. The quantitative estimate of drug-likeness (QED) is 0.780. The van der Waals surface area contributed by atoms with Gasteiger partial charge in [-0.2, -0.15) is 0 Å². The summed E-state index contributed by atoms with van der Waals surface area (Å²) in [4.78, 5) is 25.7. The van der Waals surface area contributed by atoms with Crippen molar-refractivity contribution in [3.05, 3.63) is 0 Å². The first-order valence-electron chi connectivity index (χ1n) is 7.85. The summed E-state index contributed by atoms with van der Waals surface area (Å²) in [6, 6.07) is -0.227. The van der Waals surface area contributed by atoms with Gasteiger partial charge >= 0.3 is 5.97 Å². The van der Waals surface area contributed by atoms with Crippen LogP contribution < -0.4 is 0 Å². The molecule has 0 radical (unpaired) electrons. The van der Waals surface area contributed by atoms with Gasteiger partial charge in [0.05, 0.1) is 6.42 Å². The summed E-state index contributed by atoms with van der Waals surface area (Å²) in [6.07, 6.45) is 5.09. The first-order chi connectivity index (χ1) is 9.32. The fourth-order valence-electron chi connectivity index (χ4n) is 3.66. The maximum absolute atomic E-state index is 13.0. The van der Waals surface area contributed by atoms with Gasteiger partial charge in [0, 0.05) is 18.0 Å². The van der Waals surface area contributed by atoms with Crippen LogP contribution in [0.5, 0.6) is 0 Å². The van der Waals surface area contributed by atoms with Gasteiger partial charge in [0.2, 0.25) is 5.91 Å². The topological polar surface area (TPSA) is 57.6 Å². The van der Waals surface area contributed by atoms with Gasteiger partial charge in [0.1, 0.15) is 0 Å². The average molecular weight is 283 g/mol. The summed E-state index contributed by atoms with van der Waals surface area (Å²) in [5.74, 6) is -0.168. The molecule has 4 heteroatoms. The third-order valence-electron chi connectivity index (χ3n) is 4.42. The number of amides is 1. The highest BCUT2D eigenvalue weighted by Crippen LogP contribution is 2.45. The van der Waals surface area contributed by atoms with E-state index in [1.54, 1.807) is 4.90 Å². The minimum atomic E-state index is -0.840. The van der Waals surface area contributed by atoms with E-state index in [2.05, 4.69) is 13.8 Å². The van der Waals surface area contributed by atoms with Crippen LogP contribution in [-0.4, -0.2) is 34.5 Å². The zero-order valence-corrected chi connectivity index (χ0v) is 13.3. The fourth-order valence-corrected chi connectivity index (χ4v) is 3.66. The van der Waals surface area contributed by atoms with Crippen molar-refractivity contribution in [2.24, 2.45) is 11.3 Å². The second kappa shape index (κ2) is 7.09. The maximum atomic E-state index is 13.0. The number of hydrogen-bond acceptors (Lipinski definition) is 2. The third-order valence-corrected chi connectivity index (χ3v) is 4.42. The number of carbonyl (C=O) groups is 2. The van der Waals surface area contributed by atoms with Crippen molar-refractivity contribution in [1.29, 1.82) is 0 Å². The van der Waals surface area contributed by atoms with E-state index in [0.29, 0.717) is 12.5 Å². The molecule has 1 N–H and O–H groups in total. The molecule has 0 spiro atoms. The lowest BCUT2D eigenvalue weighted by Gasteiger charge is -2.38. The predicted molar refractivity (Wildman–Crippen MR) is 79.5 cm³/mol. The Hall–Kier alpha value is -1.06. The summed E-state index contributed by atoms with van der Waals surface area (Å²) in [7, 11) is 0. The number of hydrogen-bond donors (Lipinski definition) is 1. The molecule has 1 rings (SSSR count). The van der Waals surface area contributed by atoms with Crippen molar-refractivity contribution in [3.8, 4) is 0 Å². The van der Waals surface area contributed by atoms with E-state index in [1.807, 2.05) is 13.8 Å². The summed E-state index contributed by atoms with van der Waals surface area (Å²) < 4.78 is 0.